The molecule has 1 aromatic rings. The molecule has 7 heteroatoms. The van der Waals surface area contributed by atoms with Crippen LogP contribution >= 0.6 is 0 Å². The smallest absolute Gasteiger partial charge is 0.433 e. The van der Waals surface area contributed by atoms with Crippen molar-refractivity contribution in [3.8, 4) is 6.07 Å². The van der Waals surface area contributed by atoms with Crippen molar-refractivity contribution >= 4 is 5.97 Å². The Morgan fingerprint density at radius 1 is 1.59 bits per heavy atom. The third-order valence-corrected chi connectivity index (χ3v) is 1.96. The normalized spacial score (nSPS) is 10.8. The van der Waals surface area contributed by atoms with Crippen molar-refractivity contribution in [2.45, 2.75) is 12.6 Å². The number of halogens is 3. The minimum atomic E-state index is -4.62. The maximum atomic E-state index is 12.3. The van der Waals surface area contributed by atoms with E-state index < -0.39 is 17.8 Å². The number of carbonyl (C=O) groups is 1. The number of hydrogen-bond donors (Lipinski definition) is 0. The second-order valence-electron chi connectivity index (χ2n) is 3.09. The molecular weight excluding hydrogens is 237 g/mol. The van der Waals surface area contributed by atoms with E-state index in [1.807, 2.05) is 0 Å². The molecule has 0 spiro atoms. The molecule has 0 N–H and O–H groups in total. The van der Waals surface area contributed by atoms with Gasteiger partial charge in [0.2, 0.25) is 0 Å². The number of carbonyl (C=O) groups excluding carboxylic acids is 1. The van der Waals surface area contributed by atoms with Gasteiger partial charge in [0.25, 0.3) is 0 Å². The fraction of sp³-hybridized carbons (Fsp3) is 0.300. The van der Waals surface area contributed by atoms with Crippen LogP contribution in [0.4, 0.5) is 13.2 Å². The van der Waals surface area contributed by atoms with E-state index in [0.717, 1.165) is 13.3 Å². The van der Waals surface area contributed by atoms with Crippen molar-refractivity contribution in [1.82, 2.24) is 4.98 Å². The van der Waals surface area contributed by atoms with Crippen LogP contribution in [0.3, 0.4) is 0 Å². The first kappa shape index (κ1) is 13.0. The third-order valence-electron chi connectivity index (χ3n) is 1.96. The number of nitriles is 1. The lowest BCUT2D eigenvalue weighted by molar-refractivity contribution is -0.141. The second-order valence-corrected chi connectivity index (χ2v) is 3.09. The third kappa shape index (κ3) is 3.17. The van der Waals surface area contributed by atoms with E-state index in [4.69, 9.17) is 5.26 Å². The Morgan fingerprint density at radius 3 is 2.71 bits per heavy atom. The van der Waals surface area contributed by atoms with Crippen LogP contribution in [0.2, 0.25) is 0 Å². The van der Waals surface area contributed by atoms with Crippen LogP contribution in [0.1, 0.15) is 16.8 Å². The largest absolute Gasteiger partial charge is 0.469 e. The molecule has 1 rings (SSSR count). The zero-order valence-corrected chi connectivity index (χ0v) is 8.71. The molecule has 0 aliphatic rings. The van der Waals surface area contributed by atoms with E-state index in [9.17, 15) is 18.0 Å². The predicted molar refractivity (Wildman–Crippen MR) is 49.7 cm³/mol. The molecule has 0 atom stereocenters. The summed E-state index contributed by atoms with van der Waals surface area (Å²) < 4.78 is 41.3. The predicted octanol–water partition coefficient (Wildman–Crippen LogP) is 1.69. The SMILES string of the molecule is COC(=O)Cc1cnc(C(F)(F)F)cc1C#N. The maximum absolute atomic E-state index is 12.3. The van der Waals surface area contributed by atoms with Crippen molar-refractivity contribution in [2.24, 2.45) is 0 Å². The lowest BCUT2D eigenvalue weighted by Crippen LogP contribution is -2.11. The highest BCUT2D eigenvalue weighted by molar-refractivity contribution is 5.73. The van der Waals surface area contributed by atoms with Crippen molar-refractivity contribution in [2.75, 3.05) is 7.11 Å². The van der Waals surface area contributed by atoms with Crippen LogP contribution in [0.15, 0.2) is 12.3 Å². The Kier molecular flexibility index (Phi) is 3.68. The molecule has 1 aromatic heterocycles. The molecule has 0 aliphatic heterocycles. The van der Waals surface area contributed by atoms with Gasteiger partial charge in [-0.05, 0) is 11.6 Å². The molecule has 0 saturated carbocycles. The van der Waals surface area contributed by atoms with Crippen LogP contribution in [0.5, 0.6) is 0 Å². The first-order valence-electron chi connectivity index (χ1n) is 4.41. The van der Waals surface area contributed by atoms with E-state index in [1.165, 1.54) is 0 Å². The van der Waals surface area contributed by atoms with E-state index >= 15 is 0 Å². The highest BCUT2D eigenvalue weighted by atomic mass is 19.4. The van der Waals surface area contributed by atoms with Gasteiger partial charge in [-0.3, -0.25) is 9.78 Å². The van der Waals surface area contributed by atoms with Gasteiger partial charge in [-0.1, -0.05) is 0 Å². The van der Waals surface area contributed by atoms with Crippen molar-refractivity contribution in [3.63, 3.8) is 0 Å². The number of aromatic nitrogens is 1. The van der Waals surface area contributed by atoms with E-state index in [1.54, 1.807) is 6.07 Å². The summed E-state index contributed by atoms with van der Waals surface area (Å²) in [5.74, 6) is -0.650. The average Bonchev–Trinajstić information content (AvgIpc) is 2.27. The number of methoxy groups -OCH3 is 1. The molecule has 0 unspecified atom stereocenters. The molecule has 0 fully saturated rings. The number of ether oxygens (including phenoxy) is 1. The monoisotopic (exact) mass is 244 g/mol. The fourth-order valence-corrected chi connectivity index (χ4v) is 1.11. The van der Waals surface area contributed by atoms with Crippen molar-refractivity contribution in [1.29, 1.82) is 5.26 Å². The lowest BCUT2D eigenvalue weighted by Gasteiger charge is -2.08. The first-order valence-corrected chi connectivity index (χ1v) is 4.41. The van der Waals surface area contributed by atoms with Crippen LogP contribution in [0.25, 0.3) is 0 Å². The maximum Gasteiger partial charge on any atom is 0.433 e. The van der Waals surface area contributed by atoms with Gasteiger partial charge in [0.05, 0.1) is 25.2 Å². The summed E-state index contributed by atoms with van der Waals surface area (Å²) in [5.41, 5.74) is -1.30. The van der Waals surface area contributed by atoms with Gasteiger partial charge in [-0.2, -0.15) is 18.4 Å². The summed E-state index contributed by atoms with van der Waals surface area (Å²) in [7, 11) is 1.14. The zero-order valence-electron chi connectivity index (χ0n) is 8.71. The molecule has 4 nitrogen and oxygen atoms in total. The van der Waals surface area contributed by atoms with E-state index in [2.05, 4.69) is 9.72 Å². The number of rotatable bonds is 2. The number of hydrogen-bond acceptors (Lipinski definition) is 4. The highest BCUT2D eigenvalue weighted by Gasteiger charge is 2.33. The first-order chi connectivity index (χ1) is 7.88. The summed E-state index contributed by atoms with van der Waals surface area (Å²) in [4.78, 5) is 14.1. The topological polar surface area (TPSA) is 63.0 Å². The zero-order chi connectivity index (χ0) is 13.1. The number of pyridine rings is 1. The van der Waals surface area contributed by atoms with Crippen molar-refractivity contribution < 1.29 is 22.7 Å². The number of alkyl halides is 3. The van der Waals surface area contributed by atoms with Crippen LogP contribution in [-0.4, -0.2) is 18.1 Å². The molecule has 17 heavy (non-hydrogen) atoms. The standard InChI is InChI=1S/C10H7F3N2O2/c1-17-9(16)3-7-5-15-8(10(11,12)13)2-6(7)4-14/h2,5H,3H2,1H3. The van der Waals surface area contributed by atoms with Crippen LogP contribution < -0.4 is 0 Å². The van der Waals surface area contributed by atoms with Gasteiger partial charge >= 0.3 is 12.1 Å². The Bertz CT molecular complexity index is 477. The Labute approximate surface area is 94.6 Å². The van der Waals surface area contributed by atoms with Gasteiger partial charge in [0.15, 0.2) is 0 Å². The van der Waals surface area contributed by atoms with E-state index in [-0.39, 0.29) is 17.5 Å². The van der Waals surface area contributed by atoms with Crippen LogP contribution in [-0.2, 0) is 22.1 Å². The molecular formula is C10H7F3N2O2. The summed E-state index contributed by atoms with van der Waals surface area (Å²) in [6.45, 7) is 0. The highest BCUT2D eigenvalue weighted by Crippen LogP contribution is 2.28. The summed E-state index contributed by atoms with van der Waals surface area (Å²) in [6, 6.07) is 2.20. The lowest BCUT2D eigenvalue weighted by atomic mass is 10.1. The molecule has 0 saturated heterocycles. The van der Waals surface area contributed by atoms with Crippen LogP contribution in [0, 0.1) is 11.3 Å². The van der Waals surface area contributed by atoms with Gasteiger partial charge in [0, 0.05) is 6.20 Å². The summed E-state index contributed by atoms with van der Waals surface area (Å²) >= 11 is 0. The molecule has 1 heterocycles. The second kappa shape index (κ2) is 4.82. The molecule has 0 bridgehead atoms. The number of nitrogens with zero attached hydrogens (tertiary/aromatic N) is 2. The Morgan fingerprint density at radius 2 is 2.24 bits per heavy atom. The van der Waals surface area contributed by atoms with Gasteiger partial charge in [-0.15, -0.1) is 0 Å². The Hall–Kier alpha value is -2.10. The average molecular weight is 244 g/mol. The van der Waals surface area contributed by atoms with Gasteiger partial charge in [-0.25, -0.2) is 0 Å². The van der Waals surface area contributed by atoms with Gasteiger partial charge in [0.1, 0.15) is 5.69 Å². The molecule has 90 valence electrons. The summed E-state index contributed by atoms with van der Waals surface area (Å²) in [5, 5.41) is 8.70. The quantitative estimate of drug-likeness (QED) is 0.742. The Balaban J connectivity index is 3.11. The van der Waals surface area contributed by atoms with E-state index in [0.29, 0.717) is 6.07 Å². The molecule has 0 radical (unpaired) electrons. The van der Waals surface area contributed by atoms with Crippen molar-refractivity contribution in [3.05, 3.63) is 29.1 Å². The molecule has 0 amide bonds. The molecule has 0 aromatic carbocycles. The molecule has 0 aliphatic carbocycles. The minimum absolute atomic E-state index is 0.104. The number of esters is 1. The van der Waals surface area contributed by atoms with Gasteiger partial charge < -0.3 is 4.74 Å². The minimum Gasteiger partial charge on any atom is -0.469 e. The fourth-order valence-electron chi connectivity index (χ4n) is 1.11. The summed E-state index contributed by atoms with van der Waals surface area (Å²) in [6.07, 6.45) is -4.04.